The average Bonchev–Trinajstić information content (AvgIpc) is 2.87. The van der Waals surface area contributed by atoms with Crippen LogP contribution in [0.1, 0.15) is 30.9 Å². The third-order valence-electron chi connectivity index (χ3n) is 3.56. The Morgan fingerprint density at radius 2 is 2.24 bits per heavy atom. The van der Waals surface area contributed by atoms with Crippen LogP contribution < -0.4 is 5.32 Å². The van der Waals surface area contributed by atoms with Gasteiger partial charge in [0.15, 0.2) is 0 Å². The molecule has 0 radical (unpaired) electrons. The van der Waals surface area contributed by atoms with Crippen molar-refractivity contribution in [3.8, 4) is 0 Å². The first kappa shape index (κ1) is 11.2. The predicted octanol–water partition coefficient (Wildman–Crippen LogP) is 3.08. The van der Waals surface area contributed by atoms with E-state index in [2.05, 4.69) is 28.9 Å². The molecule has 2 unspecified atom stereocenters. The quantitative estimate of drug-likeness (QED) is 0.854. The molecular formula is C14H17NOS. The fourth-order valence-electron chi connectivity index (χ4n) is 2.61. The Morgan fingerprint density at radius 3 is 3.06 bits per heavy atom. The van der Waals surface area contributed by atoms with Gasteiger partial charge >= 0.3 is 0 Å². The van der Waals surface area contributed by atoms with Crippen LogP contribution >= 0.6 is 11.3 Å². The van der Waals surface area contributed by atoms with E-state index in [1.54, 1.807) is 11.3 Å². The van der Waals surface area contributed by atoms with Crippen LogP contribution in [0, 0.1) is 0 Å². The lowest BCUT2D eigenvalue weighted by Gasteiger charge is -2.28. The highest BCUT2D eigenvalue weighted by molar-refractivity contribution is 7.17. The van der Waals surface area contributed by atoms with Crippen LogP contribution in [-0.4, -0.2) is 17.7 Å². The maximum atomic E-state index is 10.5. The zero-order valence-electron chi connectivity index (χ0n) is 9.73. The highest BCUT2D eigenvalue weighted by Crippen LogP contribution is 2.32. The first-order valence-corrected chi connectivity index (χ1v) is 7.12. The van der Waals surface area contributed by atoms with Crippen molar-refractivity contribution in [2.24, 2.45) is 0 Å². The van der Waals surface area contributed by atoms with E-state index >= 15 is 0 Å². The van der Waals surface area contributed by atoms with Gasteiger partial charge in [0.25, 0.3) is 0 Å². The normalized spacial score (nSPS) is 22.8. The molecule has 2 aromatic rings. The van der Waals surface area contributed by atoms with Crippen LogP contribution in [0.15, 0.2) is 29.6 Å². The SMILES string of the molecule is OC(c1cccc2ccsc12)C1CCCCN1. The fraction of sp³-hybridized carbons (Fsp3) is 0.429. The van der Waals surface area contributed by atoms with Crippen molar-refractivity contribution in [3.05, 3.63) is 35.2 Å². The molecule has 1 fully saturated rings. The molecule has 2 atom stereocenters. The molecule has 2 nitrogen and oxygen atoms in total. The molecular weight excluding hydrogens is 230 g/mol. The van der Waals surface area contributed by atoms with Crippen molar-refractivity contribution in [1.82, 2.24) is 5.32 Å². The number of nitrogens with one attached hydrogen (secondary N) is 1. The van der Waals surface area contributed by atoms with Crippen LogP contribution in [0.25, 0.3) is 10.1 Å². The minimum atomic E-state index is -0.377. The number of hydrogen-bond donors (Lipinski definition) is 2. The molecule has 0 spiro atoms. The maximum Gasteiger partial charge on any atom is 0.0956 e. The zero-order valence-corrected chi connectivity index (χ0v) is 10.5. The molecule has 0 bridgehead atoms. The Hall–Kier alpha value is -0.900. The van der Waals surface area contributed by atoms with Crippen molar-refractivity contribution in [1.29, 1.82) is 0 Å². The molecule has 2 N–H and O–H groups in total. The van der Waals surface area contributed by atoms with E-state index in [-0.39, 0.29) is 12.1 Å². The van der Waals surface area contributed by atoms with E-state index in [1.807, 2.05) is 6.07 Å². The van der Waals surface area contributed by atoms with Gasteiger partial charge in [-0.15, -0.1) is 11.3 Å². The summed E-state index contributed by atoms with van der Waals surface area (Å²) < 4.78 is 1.23. The lowest BCUT2D eigenvalue weighted by Crippen LogP contribution is -2.38. The van der Waals surface area contributed by atoms with Gasteiger partial charge in [-0.05, 0) is 41.8 Å². The summed E-state index contributed by atoms with van der Waals surface area (Å²) in [5, 5.41) is 17.3. The van der Waals surface area contributed by atoms with E-state index in [9.17, 15) is 5.11 Å². The summed E-state index contributed by atoms with van der Waals surface area (Å²) >= 11 is 1.72. The molecule has 0 aliphatic carbocycles. The average molecular weight is 247 g/mol. The lowest BCUT2D eigenvalue weighted by atomic mass is 9.94. The summed E-state index contributed by atoms with van der Waals surface area (Å²) in [6.07, 6.45) is 3.14. The summed E-state index contributed by atoms with van der Waals surface area (Å²) in [7, 11) is 0. The van der Waals surface area contributed by atoms with Gasteiger partial charge in [0.05, 0.1) is 6.10 Å². The van der Waals surface area contributed by atoms with Crippen molar-refractivity contribution < 1.29 is 5.11 Å². The Labute approximate surface area is 105 Å². The Morgan fingerprint density at radius 1 is 1.29 bits per heavy atom. The molecule has 3 rings (SSSR count). The van der Waals surface area contributed by atoms with Gasteiger partial charge in [-0.25, -0.2) is 0 Å². The topological polar surface area (TPSA) is 32.3 Å². The van der Waals surface area contributed by atoms with Crippen LogP contribution in [0.3, 0.4) is 0 Å². The number of piperidine rings is 1. The molecule has 1 aliphatic heterocycles. The highest BCUT2D eigenvalue weighted by atomic mass is 32.1. The molecule has 0 amide bonds. The van der Waals surface area contributed by atoms with Crippen molar-refractivity contribution in [3.63, 3.8) is 0 Å². The second-order valence-electron chi connectivity index (χ2n) is 4.69. The maximum absolute atomic E-state index is 10.5. The number of benzene rings is 1. The monoisotopic (exact) mass is 247 g/mol. The van der Waals surface area contributed by atoms with Gasteiger partial charge in [-0.3, -0.25) is 0 Å². The van der Waals surface area contributed by atoms with Gasteiger partial charge in [0.1, 0.15) is 0 Å². The van der Waals surface area contributed by atoms with E-state index in [0.717, 1.165) is 18.5 Å². The largest absolute Gasteiger partial charge is 0.387 e. The minimum Gasteiger partial charge on any atom is -0.387 e. The number of hydrogen-bond acceptors (Lipinski definition) is 3. The Kier molecular flexibility index (Phi) is 3.14. The Balaban J connectivity index is 1.94. The molecule has 90 valence electrons. The predicted molar refractivity (Wildman–Crippen MR) is 72.4 cm³/mol. The number of aliphatic hydroxyl groups excluding tert-OH is 1. The molecule has 3 heteroatoms. The number of fused-ring (bicyclic) bond motifs is 1. The molecule has 1 aliphatic rings. The third-order valence-corrected chi connectivity index (χ3v) is 4.54. The van der Waals surface area contributed by atoms with Crippen molar-refractivity contribution in [2.45, 2.75) is 31.4 Å². The van der Waals surface area contributed by atoms with Crippen LogP contribution in [0.5, 0.6) is 0 Å². The van der Waals surface area contributed by atoms with Gasteiger partial charge in [-0.2, -0.15) is 0 Å². The standard InChI is InChI=1S/C14H17NOS/c16-13(12-6-1-2-8-15-12)11-5-3-4-10-7-9-17-14(10)11/h3-5,7,9,12-13,15-16H,1-2,6,8H2. The molecule has 17 heavy (non-hydrogen) atoms. The van der Waals surface area contributed by atoms with Crippen LogP contribution in [0.2, 0.25) is 0 Å². The fourth-order valence-corrected chi connectivity index (χ4v) is 3.56. The number of rotatable bonds is 2. The molecule has 1 aromatic carbocycles. The second kappa shape index (κ2) is 4.77. The van der Waals surface area contributed by atoms with E-state index in [0.29, 0.717) is 0 Å². The smallest absolute Gasteiger partial charge is 0.0956 e. The van der Waals surface area contributed by atoms with Gasteiger partial charge in [-0.1, -0.05) is 24.6 Å². The van der Waals surface area contributed by atoms with E-state index in [4.69, 9.17) is 0 Å². The molecule has 2 heterocycles. The molecule has 1 aromatic heterocycles. The first-order chi connectivity index (χ1) is 8.36. The van der Waals surface area contributed by atoms with E-state index in [1.165, 1.54) is 22.9 Å². The number of aliphatic hydroxyl groups is 1. The lowest BCUT2D eigenvalue weighted by molar-refractivity contribution is 0.115. The molecule has 0 saturated carbocycles. The third kappa shape index (κ3) is 2.10. The Bertz CT molecular complexity index is 502. The minimum absolute atomic E-state index is 0.219. The zero-order chi connectivity index (χ0) is 11.7. The van der Waals surface area contributed by atoms with E-state index < -0.39 is 0 Å². The first-order valence-electron chi connectivity index (χ1n) is 6.24. The van der Waals surface area contributed by atoms with Gasteiger partial charge in [0.2, 0.25) is 0 Å². The molecule has 1 saturated heterocycles. The summed E-state index contributed by atoms with van der Waals surface area (Å²) in [6, 6.07) is 8.54. The number of thiophene rings is 1. The van der Waals surface area contributed by atoms with Gasteiger partial charge < -0.3 is 10.4 Å². The summed E-state index contributed by atoms with van der Waals surface area (Å²) in [5.74, 6) is 0. The van der Waals surface area contributed by atoms with Crippen molar-refractivity contribution >= 4 is 21.4 Å². The van der Waals surface area contributed by atoms with Gasteiger partial charge in [0, 0.05) is 10.7 Å². The van der Waals surface area contributed by atoms with Crippen LogP contribution in [-0.2, 0) is 0 Å². The summed E-state index contributed by atoms with van der Waals surface area (Å²) in [5.41, 5.74) is 1.08. The summed E-state index contributed by atoms with van der Waals surface area (Å²) in [6.45, 7) is 1.03. The summed E-state index contributed by atoms with van der Waals surface area (Å²) in [4.78, 5) is 0. The van der Waals surface area contributed by atoms with Crippen molar-refractivity contribution in [2.75, 3.05) is 6.54 Å². The highest BCUT2D eigenvalue weighted by Gasteiger charge is 2.24. The van der Waals surface area contributed by atoms with Crippen LogP contribution in [0.4, 0.5) is 0 Å². The second-order valence-corrected chi connectivity index (χ2v) is 5.60.